The maximum Gasteiger partial charge on any atom is 0.214 e. The van der Waals surface area contributed by atoms with Gasteiger partial charge in [0.1, 0.15) is 5.76 Å². The first-order chi connectivity index (χ1) is 7.12. The molecule has 0 fully saturated rings. The third-order valence-electron chi connectivity index (χ3n) is 2.25. The Labute approximate surface area is 87.1 Å². The summed E-state index contributed by atoms with van der Waals surface area (Å²) in [6.07, 6.45) is 0.314. The topological polar surface area (TPSA) is 60.4 Å². The summed E-state index contributed by atoms with van der Waals surface area (Å²) in [6, 6.07) is 6.38. The molecule has 1 aliphatic rings. The number of carbonyl (C=O) groups excluding carboxylic acids is 1. The molecule has 78 valence electrons. The number of ether oxygens (including phenoxy) is 1. The van der Waals surface area contributed by atoms with E-state index in [1.165, 1.54) is 13.2 Å². The van der Waals surface area contributed by atoms with Crippen LogP contribution < -0.4 is 0 Å². The van der Waals surface area contributed by atoms with Crippen molar-refractivity contribution in [2.75, 3.05) is 7.11 Å². The molecule has 1 aliphatic heterocycles. The number of benzene rings is 1. The Morgan fingerprint density at radius 3 is 2.53 bits per heavy atom. The lowest BCUT2D eigenvalue weighted by Gasteiger charge is -2.00. The van der Waals surface area contributed by atoms with Gasteiger partial charge in [-0.05, 0) is 12.1 Å². The fourth-order valence-electron chi connectivity index (χ4n) is 1.59. The quantitative estimate of drug-likeness (QED) is 0.703. The summed E-state index contributed by atoms with van der Waals surface area (Å²) >= 11 is 0. The minimum Gasteiger partial charge on any atom is -0.495 e. The van der Waals surface area contributed by atoms with Crippen molar-refractivity contribution < 1.29 is 17.9 Å². The summed E-state index contributed by atoms with van der Waals surface area (Å²) in [6.45, 7) is 0. The van der Waals surface area contributed by atoms with Crippen molar-refractivity contribution in [3.63, 3.8) is 0 Å². The third kappa shape index (κ3) is 1.20. The highest BCUT2D eigenvalue weighted by Crippen LogP contribution is 2.37. The van der Waals surface area contributed by atoms with Gasteiger partial charge in [0, 0.05) is 5.56 Å². The highest BCUT2D eigenvalue weighted by Gasteiger charge is 2.36. The number of sulfone groups is 1. The summed E-state index contributed by atoms with van der Waals surface area (Å²) in [5.41, 5.74) is 0.446. The zero-order valence-corrected chi connectivity index (χ0v) is 8.74. The molecule has 0 spiro atoms. The minimum atomic E-state index is -3.67. The van der Waals surface area contributed by atoms with Crippen molar-refractivity contribution in [3.8, 4) is 0 Å². The highest BCUT2D eigenvalue weighted by molar-refractivity contribution is 7.96. The van der Waals surface area contributed by atoms with E-state index >= 15 is 0 Å². The van der Waals surface area contributed by atoms with E-state index in [-0.39, 0.29) is 15.6 Å². The molecule has 5 heteroatoms. The number of carbonyl (C=O) groups is 1. The number of aldehydes is 1. The van der Waals surface area contributed by atoms with Gasteiger partial charge in [0.15, 0.2) is 11.2 Å². The molecular formula is C10H8O4S. The van der Waals surface area contributed by atoms with Crippen LogP contribution in [-0.4, -0.2) is 21.8 Å². The summed E-state index contributed by atoms with van der Waals surface area (Å²) < 4.78 is 28.6. The summed E-state index contributed by atoms with van der Waals surface area (Å²) in [7, 11) is -2.33. The van der Waals surface area contributed by atoms with Gasteiger partial charge in [-0.3, -0.25) is 4.79 Å². The second-order valence-electron chi connectivity index (χ2n) is 3.01. The SMILES string of the molecule is COC1=C(C=O)S(=O)(=O)c2ccccc21. The van der Waals surface area contributed by atoms with Crippen LogP contribution in [0.3, 0.4) is 0 Å². The molecule has 0 atom stereocenters. The first kappa shape index (κ1) is 9.92. The van der Waals surface area contributed by atoms with Crippen LogP contribution in [0.1, 0.15) is 5.56 Å². The molecule has 1 aromatic rings. The third-order valence-corrected chi connectivity index (χ3v) is 4.04. The van der Waals surface area contributed by atoms with Crippen LogP contribution in [0.2, 0.25) is 0 Å². The van der Waals surface area contributed by atoms with E-state index in [9.17, 15) is 13.2 Å². The average Bonchev–Trinajstić information content (AvgIpc) is 2.46. The van der Waals surface area contributed by atoms with E-state index in [2.05, 4.69) is 0 Å². The second kappa shape index (κ2) is 3.20. The van der Waals surface area contributed by atoms with Gasteiger partial charge in [-0.25, -0.2) is 8.42 Å². The molecule has 15 heavy (non-hydrogen) atoms. The van der Waals surface area contributed by atoms with Gasteiger partial charge in [0.25, 0.3) is 0 Å². The maximum absolute atomic E-state index is 11.8. The first-order valence-electron chi connectivity index (χ1n) is 4.21. The van der Waals surface area contributed by atoms with Crippen LogP contribution in [-0.2, 0) is 19.4 Å². The normalized spacial score (nSPS) is 17.4. The molecular weight excluding hydrogens is 216 g/mol. The van der Waals surface area contributed by atoms with Gasteiger partial charge in [-0.15, -0.1) is 0 Å². The molecule has 0 N–H and O–H groups in total. The predicted molar refractivity (Wildman–Crippen MR) is 53.6 cm³/mol. The molecule has 0 saturated carbocycles. The molecule has 4 nitrogen and oxygen atoms in total. The van der Waals surface area contributed by atoms with E-state index < -0.39 is 9.84 Å². The van der Waals surface area contributed by atoms with Crippen LogP contribution in [0.25, 0.3) is 5.76 Å². The fraction of sp³-hybridized carbons (Fsp3) is 0.100. The van der Waals surface area contributed by atoms with Crippen molar-refractivity contribution in [3.05, 3.63) is 34.7 Å². The lowest BCUT2D eigenvalue weighted by atomic mass is 10.2. The molecule has 0 aromatic heterocycles. The number of rotatable bonds is 2. The molecule has 0 aliphatic carbocycles. The van der Waals surface area contributed by atoms with E-state index in [0.29, 0.717) is 11.8 Å². The molecule has 0 saturated heterocycles. The lowest BCUT2D eigenvalue weighted by Crippen LogP contribution is -2.01. The van der Waals surface area contributed by atoms with E-state index in [1.54, 1.807) is 18.2 Å². The molecule has 1 aromatic carbocycles. The standard InChI is InChI=1S/C10H8O4S/c1-14-10-7-4-2-3-5-8(7)15(12,13)9(10)6-11/h2-6H,1H3. The maximum atomic E-state index is 11.8. The van der Waals surface area contributed by atoms with Gasteiger partial charge < -0.3 is 4.74 Å². The number of hydrogen-bond donors (Lipinski definition) is 0. The predicted octanol–water partition coefficient (Wildman–Crippen LogP) is 0.988. The molecule has 0 unspecified atom stereocenters. The zero-order valence-electron chi connectivity index (χ0n) is 7.93. The Morgan fingerprint density at radius 1 is 1.27 bits per heavy atom. The lowest BCUT2D eigenvalue weighted by molar-refractivity contribution is -0.104. The van der Waals surface area contributed by atoms with Crippen LogP contribution in [0, 0.1) is 0 Å². The van der Waals surface area contributed by atoms with Crippen molar-refractivity contribution in [1.29, 1.82) is 0 Å². The first-order valence-corrected chi connectivity index (χ1v) is 5.69. The summed E-state index contributed by atoms with van der Waals surface area (Å²) in [4.78, 5) is 10.6. The molecule has 0 amide bonds. The van der Waals surface area contributed by atoms with Gasteiger partial charge in [0.05, 0.1) is 12.0 Å². The number of allylic oxidation sites excluding steroid dienone is 1. The monoisotopic (exact) mass is 224 g/mol. The van der Waals surface area contributed by atoms with Crippen LogP contribution >= 0.6 is 0 Å². The number of hydrogen-bond acceptors (Lipinski definition) is 4. The van der Waals surface area contributed by atoms with E-state index in [1.807, 2.05) is 0 Å². The minimum absolute atomic E-state index is 0.126. The van der Waals surface area contributed by atoms with Crippen molar-refractivity contribution in [2.45, 2.75) is 4.90 Å². The Bertz CT molecular complexity index is 555. The fourth-order valence-corrected chi connectivity index (χ4v) is 3.10. The summed E-state index contributed by atoms with van der Waals surface area (Å²) in [5, 5.41) is 0. The summed E-state index contributed by atoms with van der Waals surface area (Å²) in [5.74, 6) is 0.126. The van der Waals surface area contributed by atoms with Crippen molar-refractivity contribution in [1.82, 2.24) is 0 Å². The Kier molecular flexibility index (Phi) is 2.12. The van der Waals surface area contributed by atoms with Crippen molar-refractivity contribution in [2.24, 2.45) is 0 Å². The van der Waals surface area contributed by atoms with E-state index in [0.717, 1.165) is 0 Å². The number of fused-ring (bicyclic) bond motifs is 1. The molecule has 0 radical (unpaired) electrons. The van der Waals surface area contributed by atoms with Gasteiger partial charge in [-0.2, -0.15) is 0 Å². The van der Waals surface area contributed by atoms with Crippen LogP contribution in [0.15, 0.2) is 34.1 Å². The largest absolute Gasteiger partial charge is 0.495 e. The highest BCUT2D eigenvalue weighted by atomic mass is 32.2. The van der Waals surface area contributed by atoms with Gasteiger partial charge >= 0.3 is 0 Å². The second-order valence-corrected chi connectivity index (χ2v) is 4.90. The van der Waals surface area contributed by atoms with Crippen LogP contribution in [0.5, 0.6) is 0 Å². The zero-order chi connectivity index (χ0) is 11.1. The number of methoxy groups -OCH3 is 1. The van der Waals surface area contributed by atoms with Gasteiger partial charge in [0.2, 0.25) is 9.84 Å². The van der Waals surface area contributed by atoms with Crippen molar-refractivity contribution >= 4 is 21.9 Å². The molecule has 1 heterocycles. The van der Waals surface area contributed by atoms with Crippen LogP contribution in [0.4, 0.5) is 0 Å². The average molecular weight is 224 g/mol. The Morgan fingerprint density at radius 2 is 1.93 bits per heavy atom. The smallest absolute Gasteiger partial charge is 0.214 e. The Hall–Kier alpha value is -1.62. The molecule has 2 rings (SSSR count). The van der Waals surface area contributed by atoms with E-state index in [4.69, 9.17) is 4.74 Å². The van der Waals surface area contributed by atoms with Gasteiger partial charge in [-0.1, -0.05) is 12.1 Å². The Balaban J connectivity index is 2.86. The molecule has 0 bridgehead atoms.